The zero-order chi connectivity index (χ0) is 13.8. The van der Waals surface area contributed by atoms with E-state index in [-0.39, 0.29) is 12.1 Å². The molecule has 0 spiro atoms. The molecule has 0 aliphatic heterocycles. The van der Waals surface area contributed by atoms with Crippen LogP contribution in [0.25, 0.3) is 0 Å². The zero-order valence-electron chi connectivity index (χ0n) is 11.1. The molecule has 2 amide bonds. The Labute approximate surface area is 110 Å². The van der Waals surface area contributed by atoms with Crippen LogP contribution in [0.3, 0.4) is 0 Å². The zero-order valence-corrected chi connectivity index (χ0v) is 11.1. The van der Waals surface area contributed by atoms with Crippen LogP contribution in [0.2, 0.25) is 0 Å². The first kappa shape index (κ1) is 13.1. The molecule has 0 saturated heterocycles. The molecule has 2 heterocycles. The Morgan fingerprint density at radius 3 is 2.79 bits per heavy atom. The summed E-state index contributed by atoms with van der Waals surface area (Å²) in [5.41, 5.74) is 1.87. The van der Waals surface area contributed by atoms with E-state index in [1.54, 1.807) is 6.07 Å². The van der Waals surface area contributed by atoms with Gasteiger partial charge in [0.05, 0.1) is 5.69 Å². The van der Waals surface area contributed by atoms with Crippen molar-refractivity contribution in [2.24, 2.45) is 0 Å². The Bertz CT molecular complexity index is 528. The van der Waals surface area contributed by atoms with Crippen molar-refractivity contribution >= 4 is 11.8 Å². The number of anilines is 1. The van der Waals surface area contributed by atoms with Crippen molar-refractivity contribution in [2.45, 2.75) is 33.2 Å². The molecule has 0 radical (unpaired) electrons. The smallest absolute Gasteiger partial charge is 0.320 e. The molecule has 1 unspecified atom stereocenters. The first-order chi connectivity index (χ1) is 9.06. The lowest BCUT2D eigenvalue weighted by atomic mass is 10.1. The summed E-state index contributed by atoms with van der Waals surface area (Å²) in [4.78, 5) is 11.7. The van der Waals surface area contributed by atoms with Crippen molar-refractivity contribution in [1.29, 1.82) is 0 Å². The van der Waals surface area contributed by atoms with Gasteiger partial charge in [-0.3, -0.25) is 5.32 Å². The number of nitrogens with one attached hydrogen (secondary N) is 2. The number of carbonyl (C=O) groups excluding carboxylic acids is 1. The molecule has 2 N–H and O–H groups in total. The molecule has 0 aliphatic carbocycles. The third kappa shape index (κ3) is 3.34. The molecule has 0 saturated carbocycles. The highest BCUT2D eigenvalue weighted by molar-refractivity contribution is 5.88. The standard InChI is InChI=1S/C12H16N4O3/c1-7(6-10-8(2)15-19-9(10)3)13-12(17)14-11-4-5-18-16-11/h4-5,7H,6H2,1-3H3,(H2,13,14,16,17). The van der Waals surface area contributed by atoms with Gasteiger partial charge < -0.3 is 14.4 Å². The molecular weight excluding hydrogens is 248 g/mol. The Balaban J connectivity index is 1.87. The number of aryl methyl sites for hydroxylation is 2. The van der Waals surface area contributed by atoms with Crippen LogP contribution < -0.4 is 10.6 Å². The van der Waals surface area contributed by atoms with Crippen molar-refractivity contribution in [2.75, 3.05) is 5.32 Å². The molecule has 0 bridgehead atoms. The van der Waals surface area contributed by atoms with Crippen molar-refractivity contribution in [3.63, 3.8) is 0 Å². The largest absolute Gasteiger partial charge is 0.363 e. The molecule has 1 atom stereocenters. The number of hydrogen-bond acceptors (Lipinski definition) is 5. The lowest BCUT2D eigenvalue weighted by Gasteiger charge is -2.13. The van der Waals surface area contributed by atoms with E-state index in [0.29, 0.717) is 12.2 Å². The van der Waals surface area contributed by atoms with E-state index < -0.39 is 0 Å². The molecule has 2 aromatic heterocycles. The molecular formula is C12H16N4O3. The average molecular weight is 264 g/mol. The Kier molecular flexibility index (Phi) is 3.84. The van der Waals surface area contributed by atoms with Gasteiger partial charge in [0.25, 0.3) is 0 Å². The minimum absolute atomic E-state index is 0.0521. The second-order valence-corrected chi connectivity index (χ2v) is 4.39. The lowest BCUT2D eigenvalue weighted by Crippen LogP contribution is -2.37. The van der Waals surface area contributed by atoms with Gasteiger partial charge in [0.1, 0.15) is 12.0 Å². The van der Waals surface area contributed by atoms with Gasteiger partial charge in [-0.05, 0) is 27.2 Å². The van der Waals surface area contributed by atoms with E-state index in [4.69, 9.17) is 4.52 Å². The predicted molar refractivity (Wildman–Crippen MR) is 67.8 cm³/mol. The van der Waals surface area contributed by atoms with Crippen LogP contribution in [0.15, 0.2) is 21.4 Å². The van der Waals surface area contributed by atoms with E-state index in [1.807, 2.05) is 20.8 Å². The lowest BCUT2D eigenvalue weighted by molar-refractivity contribution is 0.249. The highest BCUT2D eigenvalue weighted by Gasteiger charge is 2.15. The quantitative estimate of drug-likeness (QED) is 0.881. The Hall–Kier alpha value is -2.31. The van der Waals surface area contributed by atoms with Crippen molar-refractivity contribution in [3.8, 4) is 0 Å². The van der Waals surface area contributed by atoms with Gasteiger partial charge >= 0.3 is 6.03 Å². The maximum Gasteiger partial charge on any atom is 0.320 e. The summed E-state index contributed by atoms with van der Waals surface area (Å²) >= 11 is 0. The molecule has 7 heteroatoms. The normalized spacial score (nSPS) is 12.2. The fourth-order valence-corrected chi connectivity index (χ4v) is 1.80. The van der Waals surface area contributed by atoms with Gasteiger partial charge in [-0.2, -0.15) is 0 Å². The van der Waals surface area contributed by atoms with Crippen LogP contribution >= 0.6 is 0 Å². The highest BCUT2D eigenvalue weighted by Crippen LogP contribution is 2.14. The van der Waals surface area contributed by atoms with Crippen LogP contribution in [-0.2, 0) is 6.42 Å². The van der Waals surface area contributed by atoms with Crippen LogP contribution in [-0.4, -0.2) is 22.4 Å². The minimum Gasteiger partial charge on any atom is -0.363 e. The predicted octanol–water partition coefficient (Wildman–Crippen LogP) is 2.03. The molecule has 102 valence electrons. The number of urea groups is 1. The summed E-state index contributed by atoms with van der Waals surface area (Å²) in [6.45, 7) is 5.65. The number of amides is 2. The van der Waals surface area contributed by atoms with Crippen molar-refractivity contribution in [1.82, 2.24) is 15.6 Å². The van der Waals surface area contributed by atoms with Crippen molar-refractivity contribution in [3.05, 3.63) is 29.3 Å². The van der Waals surface area contributed by atoms with Crippen LogP contribution in [0.4, 0.5) is 10.6 Å². The molecule has 19 heavy (non-hydrogen) atoms. The highest BCUT2D eigenvalue weighted by atomic mass is 16.5. The number of aromatic nitrogens is 2. The fourth-order valence-electron chi connectivity index (χ4n) is 1.80. The fraction of sp³-hybridized carbons (Fsp3) is 0.417. The summed E-state index contributed by atoms with van der Waals surface area (Å²) in [7, 11) is 0. The van der Waals surface area contributed by atoms with Crippen molar-refractivity contribution < 1.29 is 13.8 Å². The second-order valence-electron chi connectivity index (χ2n) is 4.39. The van der Waals surface area contributed by atoms with Gasteiger partial charge in [0.2, 0.25) is 0 Å². The number of rotatable bonds is 4. The summed E-state index contributed by atoms with van der Waals surface area (Å²) in [6, 6.07) is 1.19. The summed E-state index contributed by atoms with van der Waals surface area (Å²) in [6.07, 6.45) is 2.05. The molecule has 2 rings (SSSR count). The summed E-state index contributed by atoms with van der Waals surface area (Å²) in [5, 5.41) is 12.9. The number of hydrogen-bond donors (Lipinski definition) is 2. The number of nitrogens with zero attached hydrogens (tertiary/aromatic N) is 2. The molecule has 2 aromatic rings. The average Bonchev–Trinajstić information content (AvgIpc) is 2.94. The molecule has 0 fully saturated rings. The van der Waals surface area contributed by atoms with Crippen LogP contribution in [0.1, 0.15) is 23.9 Å². The van der Waals surface area contributed by atoms with Crippen LogP contribution in [0, 0.1) is 13.8 Å². The molecule has 7 nitrogen and oxygen atoms in total. The topological polar surface area (TPSA) is 93.2 Å². The second kappa shape index (κ2) is 5.55. The monoisotopic (exact) mass is 264 g/mol. The Morgan fingerprint density at radius 1 is 1.42 bits per heavy atom. The Morgan fingerprint density at radius 2 is 2.21 bits per heavy atom. The van der Waals surface area contributed by atoms with Gasteiger partial charge in [-0.15, -0.1) is 0 Å². The van der Waals surface area contributed by atoms with Crippen LogP contribution in [0.5, 0.6) is 0 Å². The molecule has 0 aliphatic rings. The summed E-state index contributed by atoms with van der Waals surface area (Å²) < 4.78 is 9.71. The van der Waals surface area contributed by atoms with E-state index in [2.05, 4.69) is 25.5 Å². The summed E-state index contributed by atoms with van der Waals surface area (Å²) in [5.74, 6) is 1.16. The van der Waals surface area contributed by atoms with E-state index in [9.17, 15) is 4.79 Å². The van der Waals surface area contributed by atoms with Gasteiger partial charge in [0.15, 0.2) is 5.82 Å². The SMILES string of the molecule is Cc1noc(C)c1CC(C)NC(=O)Nc1ccon1. The van der Waals surface area contributed by atoms with E-state index >= 15 is 0 Å². The first-order valence-corrected chi connectivity index (χ1v) is 5.96. The van der Waals surface area contributed by atoms with Gasteiger partial charge in [-0.1, -0.05) is 10.3 Å². The van der Waals surface area contributed by atoms with E-state index in [0.717, 1.165) is 17.0 Å². The maximum absolute atomic E-state index is 11.7. The maximum atomic E-state index is 11.7. The third-order valence-corrected chi connectivity index (χ3v) is 2.75. The first-order valence-electron chi connectivity index (χ1n) is 5.96. The van der Waals surface area contributed by atoms with Gasteiger partial charge in [0, 0.05) is 17.7 Å². The number of carbonyl (C=O) groups is 1. The van der Waals surface area contributed by atoms with E-state index in [1.165, 1.54) is 6.26 Å². The minimum atomic E-state index is -0.326. The third-order valence-electron chi connectivity index (χ3n) is 2.75. The molecule has 0 aromatic carbocycles. The van der Waals surface area contributed by atoms with Gasteiger partial charge in [-0.25, -0.2) is 4.79 Å².